The zero-order valence-electron chi connectivity index (χ0n) is 9.60. The van der Waals surface area contributed by atoms with Crippen LogP contribution in [0.1, 0.15) is 31.9 Å². The van der Waals surface area contributed by atoms with Crippen LogP contribution in [-0.4, -0.2) is 17.1 Å². The standard InChI is InChI=1S/C12H18N2O2/c1-3-11(14-8(2)12(13)16)9-4-6-10(15)7-5-9/h4-8,11,14-15H,3H2,1-2H3,(H2,13,16). The van der Waals surface area contributed by atoms with Gasteiger partial charge in [-0.05, 0) is 31.0 Å². The third kappa shape index (κ3) is 3.24. The lowest BCUT2D eigenvalue weighted by atomic mass is 10.0. The SMILES string of the molecule is CCC(NC(C)C(N)=O)c1ccc(O)cc1. The molecule has 0 aliphatic rings. The number of aromatic hydroxyl groups is 1. The van der Waals surface area contributed by atoms with Gasteiger partial charge in [-0.1, -0.05) is 19.1 Å². The van der Waals surface area contributed by atoms with Gasteiger partial charge in [0.2, 0.25) is 5.91 Å². The van der Waals surface area contributed by atoms with Gasteiger partial charge in [-0.15, -0.1) is 0 Å². The van der Waals surface area contributed by atoms with E-state index in [1.807, 2.05) is 19.1 Å². The number of primary amides is 1. The van der Waals surface area contributed by atoms with Crippen molar-refractivity contribution in [3.8, 4) is 5.75 Å². The molecule has 1 aromatic carbocycles. The van der Waals surface area contributed by atoms with Gasteiger partial charge in [0, 0.05) is 6.04 Å². The van der Waals surface area contributed by atoms with Crippen molar-refractivity contribution >= 4 is 5.91 Å². The Kier molecular flexibility index (Phi) is 4.31. The molecule has 0 radical (unpaired) electrons. The second kappa shape index (κ2) is 5.51. The summed E-state index contributed by atoms with van der Waals surface area (Å²) in [6.07, 6.45) is 0.850. The second-order valence-electron chi connectivity index (χ2n) is 3.84. The zero-order chi connectivity index (χ0) is 12.1. The third-order valence-corrected chi connectivity index (χ3v) is 2.58. The number of hydrogen-bond donors (Lipinski definition) is 3. The normalized spacial score (nSPS) is 14.4. The second-order valence-corrected chi connectivity index (χ2v) is 3.84. The highest BCUT2D eigenvalue weighted by atomic mass is 16.3. The average Bonchev–Trinajstić information content (AvgIpc) is 2.26. The van der Waals surface area contributed by atoms with Crippen molar-refractivity contribution in [1.82, 2.24) is 5.32 Å². The van der Waals surface area contributed by atoms with Crippen LogP contribution < -0.4 is 11.1 Å². The van der Waals surface area contributed by atoms with Gasteiger partial charge in [-0.3, -0.25) is 10.1 Å². The fourth-order valence-corrected chi connectivity index (χ4v) is 1.54. The Labute approximate surface area is 95.5 Å². The Morgan fingerprint density at radius 3 is 2.44 bits per heavy atom. The van der Waals surface area contributed by atoms with Crippen molar-refractivity contribution in [2.45, 2.75) is 32.4 Å². The summed E-state index contributed by atoms with van der Waals surface area (Å²) in [5, 5.41) is 12.3. The summed E-state index contributed by atoms with van der Waals surface area (Å²) in [7, 11) is 0. The number of nitrogens with one attached hydrogen (secondary N) is 1. The van der Waals surface area contributed by atoms with Crippen LogP contribution in [0.25, 0.3) is 0 Å². The van der Waals surface area contributed by atoms with Crippen LogP contribution in [0.5, 0.6) is 5.75 Å². The topological polar surface area (TPSA) is 75.3 Å². The molecule has 0 aliphatic heterocycles. The summed E-state index contributed by atoms with van der Waals surface area (Å²) < 4.78 is 0. The predicted octanol–water partition coefficient (Wildman–Crippen LogP) is 1.31. The lowest BCUT2D eigenvalue weighted by Crippen LogP contribution is -2.40. The van der Waals surface area contributed by atoms with Crippen molar-refractivity contribution in [2.24, 2.45) is 5.73 Å². The van der Waals surface area contributed by atoms with Crippen LogP contribution in [0.4, 0.5) is 0 Å². The molecule has 88 valence electrons. The monoisotopic (exact) mass is 222 g/mol. The van der Waals surface area contributed by atoms with Crippen molar-refractivity contribution < 1.29 is 9.90 Å². The molecule has 16 heavy (non-hydrogen) atoms. The number of carbonyl (C=O) groups is 1. The van der Waals surface area contributed by atoms with Gasteiger partial charge in [0.05, 0.1) is 6.04 Å². The molecule has 0 bridgehead atoms. The molecule has 0 aromatic heterocycles. The molecule has 1 rings (SSSR count). The van der Waals surface area contributed by atoms with Gasteiger partial charge < -0.3 is 10.8 Å². The number of amides is 1. The number of hydrogen-bond acceptors (Lipinski definition) is 3. The average molecular weight is 222 g/mol. The number of phenolic OH excluding ortho intramolecular Hbond substituents is 1. The third-order valence-electron chi connectivity index (χ3n) is 2.58. The molecule has 4 heteroatoms. The molecule has 1 aromatic rings. The van der Waals surface area contributed by atoms with E-state index in [1.54, 1.807) is 19.1 Å². The number of carbonyl (C=O) groups excluding carboxylic acids is 1. The summed E-state index contributed by atoms with van der Waals surface area (Å²) in [6, 6.07) is 6.65. The van der Waals surface area contributed by atoms with E-state index in [9.17, 15) is 9.90 Å². The van der Waals surface area contributed by atoms with E-state index in [2.05, 4.69) is 5.32 Å². The maximum Gasteiger partial charge on any atom is 0.234 e. The first kappa shape index (κ1) is 12.5. The predicted molar refractivity (Wildman–Crippen MR) is 62.9 cm³/mol. The first-order valence-electron chi connectivity index (χ1n) is 5.39. The Balaban J connectivity index is 2.74. The van der Waals surface area contributed by atoms with Gasteiger partial charge in [0.1, 0.15) is 5.75 Å². The summed E-state index contributed by atoms with van der Waals surface area (Å²) in [4.78, 5) is 11.0. The smallest absolute Gasteiger partial charge is 0.234 e. The van der Waals surface area contributed by atoms with Crippen LogP contribution in [0.3, 0.4) is 0 Å². The lowest BCUT2D eigenvalue weighted by molar-refractivity contribution is -0.119. The quantitative estimate of drug-likeness (QED) is 0.703. The molecule has 2 atom stereocenters. The van der Waals surface area contributed by atoms with Gasteiger partial charge >= 0.3 is 0 Å². The summed E-state index contributed by atoms with van der Waals surface area (Å²) in [5.74, 6) is -0.126. The van der Waals surface area contributed by atoms with Gasteiger partial charge in [0.15, 0.2) is 0 Å². The zero-order valence-corrected chi connectivity index (χ0v) is 9.60. The highest BCUT2D eigenvalue weighted by Crippen LogP contribution is 2.19. The Morgan fingerprint density at radius 1 is 1.44 bits per heavy atom. The molecular formula is C12H18N2O2. The minimum Gasteiger partial charge on any atom is -0.508 e. The molecule has 0 aliphatic carbocycles. The molecule has 0 saturated carbocycles. The van der Waals surface area contributed by atoms with Crippen LogP contribution in [0.2, 0.25) is 0 Å². The van der Waals surface area contributed by atoms with Crippen molar-refractivity contribution in [3.05, 3.63) is 29.8 Å². The molecule has 0 saturated heterocycles. The van der Waals surface area contributed by atoms with Crippen LogP contribution in [0.15, 0.2) is 24.3 Å². The Bertz CT molecular complexity index is 349. The summed E-state index contributed by atoms with van der Waals surface area (Å²) >= 11 is 0. The molecule has 0 heterocycles. The van der Waals surface area contributed by atoms with Gasteiger partial charge in [-0.2, -0.15) is 0 Å². The summed E-state index contributed by atoms with van der Waals surface area (Å²) in [6.45, 7) is 3.77. The maximum absolute atomic E-state index is 11.0. The molecule has 2 unspecified atom stereocenters. The molecule has 4 nitrogen and oxygen atoms in total. The first-order valence-corrected chi connectivity index (χ1v) is 5.39. The van der Waals surface area contributed by atoms with Gasteiger partial charge in [-0.25, -0.2) is 0 Å². The van der Waals surface area contributed by atoms with E-state index in [4.69, 9.17) is 5.73 Å². The highest BCUT2D eigenvalue weighted by Gasteiger charge is 2.15. The van der Waals surface area contributed by atoms with Crippen LogP contribution >= 0.6 is 0 Å². The molecule has 0 spiro atoms. The minimum atomic E-state index is -0.364. The first-order chi connectivity index (χ1) is 7.54. The lowest BCUT2D eigenvalue weighted by Gasteiger charge is -2.20. The Hall–Kier alpha value is -1.55. The number of phenols is 1. The van der Waals surface area contributed by atoms with Crippen molar-refractivity contribution in [2.75, 3.05) is 0 Å². The van der Waals surface area contributed by atoms with Crippen LogP contribution in [-0.2, 0) is 4.79 Å². The van der Waals surface area contributed by atoms with E-state index < -0.39 is 0 Å². The largest absolute Gasteiger partial charge is 0.508 e. The number of rotatable bonds is 5. The van der Waals surface area contributed by atoms with Crippen LogP contribution in [0, 0.1) is 0 Å². The van der Waals surface area contributed by atoms with E-state index in [0.717, 1.165) is 12.0 Å². The number of nitrogens with two attached hydrogens (primary N) is 1. The van der Waals surface area contributed by atoms with E-state index >= 15 is 0 Å². The number of benzene rings is 1. The molecular weight excluding hydrogens is 204 g/mol. The minimum absolute atomic E-state index is 0.0723. The molecule has 1 amide bonds. The Morgan fingerprint density at radius 2 is 2.00 bits per heavy atom. The summed E-state index contributed by atoms with van der Waals surface area (Å²) in [5.41, 5.74) is 6.24. The van der Waals surface area contributed by atoms with E-state index in [0.29, 0.717) is 0 Å². The van der Waals surface area contributed by atoms with E-state index in [1.165, 1.54) is 0 Å². The van der Waals surface area contributed by atoms with E-state index in [-0.39, 0.29) is 23.7 Å². The van der Waals surface area contributed by atoms with Gasteiger partial charge in [0.25, 0.3) is 0 Å². The van der Waals surface area contributed by atoms with Crippen molar-refractivity contribution in [3.63, 3.8) is 0 Å². The highest BCUT2D eigenvalue weighted by molar-refractivity contribution is 5.79. The fourth-order valence-electron chi connectivity index (χ4n) is 1.54. The fraction of sp³-hybridized carbons (Fsp3) is 0.417. The molecule has 4 N–H and O–H groups in total. The van der Waals surface area contributed by atoms with Crippen molar-refractivity contribution in [1.29, 1.82) is 0 Å². The molecule has 0 fully saturated rings. The maximum atomic E-state index is 11.0.